The van der Waals surface area contributed by atoms with E-state index < -0.39 is 0 Å². The topological polar surface area (TPSA) is 12.0 Å². The molecule has 0 aliphatic heterocycles. The van der Waals surface area contributed by atoms with Crippen molar-refractivity contribution in [3.05, 3.63) is 56.7 Å². The molecule has 0 saturated carbocycles. The Morgan fingerprint density at radius 1 is 1.33 bits per heavy atom. The number of halogens is 1. The van der Waals surface area contributed by atoms with E-state index in [2.05, 4.69) is 41.9 Å². The van der Waals surface area contributed by atoms with Crippen molar-refractivity contribution in [2.45, 2.75) is 44.6 Å². The number of thiophene rings is 1. The molecular weight excluding hydrogens is 298 g/mol. The molecule has 0 amide bonds. The molecule has 1 aliphatic rings. The summed E-state index contributed by atoms with van der Waals surface area (Å²) < 4.78 is 0. The van der Waals surface area contributed by atoms with Gasteiger partial charge >= 0.3 is 0 Å². The molecule has 1 nitrogen and oxygen atoms in total. The summed E-state index contributed by atoms with van der Waals surface area (Å²) >= 11 is 8.13. The van der Waals surface area contributed by atoms with Gasteiger partial charge < -0.3 is 5.32 Å². The largest absolute Gasteiger partial charge is 0.309 e. The number of nitrogens with one attached hydrogen (secondary N) is 1. The van der Waals surface area contributed by atoms with Crippen LogP contribution in [0.5, 0.6) is 0 Å². The van der Waals surface area contributed by atoms with Gasteiger partial charge in [0.05, 0.1) is 5.02 Å². The number of aryl methyl sites for hydroxylation is 1. The van der Waals surface area contributed by atoms with E-state index in [0.29, 0.717) is 12.0 Å². The molecule has 1 N–H and O–H groups in total. The molecule has 0 fully saturated rings. The van der Waals surface area contributed by atoms with Gasteiger partial charge in [-0.1, -0.05) is 42.8 Å². The second kappa shape index (κ2) is 6.95. The molecule has 0 radical (unpaired) electrons. The van der Waals surface area contributed by atoms with Crippen LogP contribution >= 0.6 is 22.9 Å². The van der Waals surface area contributed by atoms with Gasteiger partial charge in [-0.2, -0.15) is 0 Å². The van der Waals surface area contributed by atoms with Crippen LogP contribution in [0.25, 0.3) is 0 Å². The van der Waals surface area contributed by atoms with Gasteiger partial charge in [-0.25, -0.2) is 0 Å². The smallest absolute Gasteiger partial charge is 0.0561 e. The first-order valence-electron chi connectivity index (χ1n) is 7.83. The number of hydrogen-bond donors (Lipinski definition) is 1. The van der Waals surface area contributed by atoms with Crippen molar-refractivity contribution >= 4 is 22.9 Å². The zero-order valence-electron chi connectivity index (χ0n) is 12.4. The lowest BCUT2D eigenvalue weighted by atomic mass is 9.79. The van der Waals surface area contributed by atoms with Crippen molar-refractivity contribution in [2.75, 3.05) is 6.54 Å². The Morgan fingerprint density at radius 2 is 2.19 bits per heavy atom. The Kier molecular flexibility index (Phi) is 4.99. The summed E-state index contributed by atoms with van der Waals surface area (Å²) in [6.07, 6.45) is 4.98. The second-order valence-electron chi connectivity index (χ2n) is 5.77. The molecule has 2 unspecified atom stereocenters. The van der Waals surface area contributed by atoms with E-state index in [1.165, 1.54) is 24.1 Å². The Balaban J connectivity index is 1.83. The van der Waals surface area contributed by atoms with Crippen LogP contribution in [0, 0.1) is 0 Å². The maximum Gasteiger partial charge on any atom is 0.0561 e. The van der Waals surface area contributed by atoms with Gasteiger partial charge in [0.25, 0.3) is 0 Å². The first-order valence-corrected chi connectivity index (χ1v) is 9.09. The number of hydrogen-bond acceptors (Lipinski definition) is 2. The average molecular weight is 320 g/mol. The van der Waals surface area contributed by atoms with Gasteiger partial charge in [-0.3, -0.25) is 0 Å². The summed E-state index contributed by atoms with van der Waals surface area (Å²) in [4.78, 5) is 1.29. The normalized spacial score (nSPS) is 19.2. The lowest BCUT2D eigenvalue weighted by molar-refractivity contribution is 0.430. The van der Waals surface area contributed by atoms with Crippen molar-refractivity contribution in [1.29, 1.82) is 0 Å². The predicted molar refractivity (Wildman–Crippen MR) is 92.5 cm³/mol. The first-order chi connectivity index (χ1) is 10.3. The standard InChI is InChI=1S/C18H22ClNS/c1-2-20-17(18-16(19)10-11-21-18)12-14-8-5-7-13-6-3-4-9-15(13)14/h3-4,6,9-11,14,17,20H,2,5,7-8,12H2,1H3. The third-order valence-corrected chi connectivity index (χ3v) is 5.90. The third kappa shape index (κ3) is 3.33. The molecule has 0 bridgehead atoms. The highest BCUT2D eigenvalue weighted by Gasteiger charge is 2.25. The van der Waals surface area contributed by atoms with E-state index in [1.54, 1.807) is 22.5 Å². The van der Waals surface area contributed by atoms with Crippen molar-refractivity contribution in [3.8, 4) is 0 Å². The quantitative estimate of drug-likeness (QED) is 0.760. The van der Waals surface area contributed by atoms with Gasteiger partial charge in [0.15, 0.2) is 0 Å². The van der Waals surface area contributed by atoms with E-state index in [1.807, 2.05) is 6.07 Å². The molecule has 3 heteroatoms. The lowest BCUT2D eigenvalue weighted by Crippen LogP contribution is -2.24. The van der Waals surface area contributed by atoms with Gasteiger partial charge in [-0.05, 0) is 60.7 Å². The van der Waals surface area contributed by atoms with Crippen LogP contribution in [-0.4, -0.2) is 6.54 Å². The number of rotatable bonds is 5. The van der Waals surface area contributed by atoms with Crippen molar-refractivity contribution < 1.29 is 0 Å². The van der Waals surface area contributed by atoms with E-state index in [4.69, 9.17) is 11.6 Å². The maximum absolute atomic E-state index is 6.36. The maximum atomic E-state index is 6.36. The van der Waals surface area contributed by atoms with E-state index in [9.17, 15) is 0 Å². The van der Waals surface area contributed by atoms with Crippen LogP contribution in [0.2, 0.25) is 5.02 Å². The summed E-state index contributed by atoms with van der Waals surface area (Å²) in [6.45, 7) is 3.15. The van der Waals surface area contributed by atoms with Crippen LogP contribution in [0.15, 0.2) is 35.7 Å². The minimum atomic E-state index is 0.374. The molecule has 1 heterocycles. The Morgan fingerprint density at radius 3 is 2.95 bits per heavy atom. The van der Waals surface area contributed by atoms with Gasteiger partial charge in [0.1, 0.15) is 0 Å². The van der Waals surface area contributed by atoms with Crippen LogP contribution in [0.4, 0.5) is 0 Å². The summed E-state index contributed by atoms with van der Waals surface area (Å²) in [5.74, 6) is 0.650. The highest BCUT2D eigenvalue weighted by Crippen LogP contribution is 2.40. The molecule has 1 aromatic heterocycles. The minimum absolute atomic E-state index is 0.374. The average Bonchev–Trinajstić information content (AvgIpc) is 2.93. The van der Waals surface area contributed by atoms with E-state index in [0.717, 1.165) is 18.0 Å². The second-order valence-corrected chi connectivity index (χ2v) is 7.12. The van der Waals surface area contributed by atoms with Crippen LogP contribution in [0.3, 0.4) is 0 Å². The van der Waals surface area contributed by atoms with Crippen molar-refractivity contribution in [3.63, 3.8) is 0 Å². The SMILES string of the molecule is CCNC(CC1CCCc2ccccc21)c1sccc1Cl. The Bertz CT molecular complexity index is 592. The van der Waals surface area contributed by atoms with Gasteiger partial charge in [0.2, 0.25) is 0 Å². The van der Waals surface area contributed by atoms with Crippen LogP contribution < -0.4 is 5.32 Å². The molecule has 1 aromatic carbocycles. The first kappa shape index (κ1) is 15.1. The highest BCUT2D eigenvalue weighted by atomic mass is 35.5. The van der Waals surface area contributed by atoms with Crippen LogP contribution in [0.1, 0.15) is 54.1 Å². The molecule has 1 aliphatic carbocycles. The fraction of sp³-hybridized carbons (Fsp3) is 0.444. The van der Waals surface area contributed by atoms with E-state index in [-0.39, 0.29) is 0 Å². The number of fused-ring (bicyclic) bond motifs is 1. The predicted octanol–water partition coefficient (Wildman–Crippen LogP) is 5.56. The lowest BCUT2D eigenvalue weighted by Gasteiger charge is -2.29. The van der Waals surface area contributed by atoms with Gasteiger partial charge in [-0.15, -0.1) is 11.3 Å². The summed E-state index contributed by atoms with van der Waals surface area (Å²) in [7, 11) is 0. The zero-order valence-corrected chi connectivity index (χ0v) is 14.0. The molecule has 21 heavy (non-hydrogen) atoms. The number of benzene rings is 1. The van der Waals surface area contributed by atoms with Gasteiger partial charge in [0, 0.05) is 10.9 Å². The fourth-order valence-electron chi connectivity index (χ4n) is 3.47. The summed E-state index contributed by atoms with van der Waals surface area (Å²) in [5.41, 5.74) is 3.10. The molecule has 0 saturated heterocycles. The van der Waals surface area contributed by atoms with Crippen molar-refractivity contribution in [2.24, 2.45) is 0 Å². The molecule has 0 spiro atoms. The monoisotopic (exact) mass is 319 g/mol. The fourth-order valence-corrected chi connectivity index (χ4v) is 4.75. The van der Waals surface area contributed by atoms with Crippen molar-refractivity contribution in [1.82, 2.24) is 5.32 Å². The molecule has 2 aromatic rings. The highest BCUT2D eigenvalue weighted by molar-refractivity contribution is 7.10. The van der Waals surface area contributed by atoms with E-state index >= 15 is 0 Å². The zero-order chi connectivity index (χ0) is 14.7. The molecule has 112 valence electrons. The minimum Gasteiger partial charge on any atom is -0.309 e. The Hall–Kier alpha value is -0.830. The summed E-state index contributed by atoms with van der Waals surface area (Å²) in [5, 5.41) is 6.64. The molecule has 3 rings (SSSR count). The summed E-state index contributed by atoms with van der Waals surface area (Å²) in [6, 6.07) is 11.3. The molecule has 2 atom stereocenters. The third-order valence-electron chi connectivity index (χ3n) is 4.43. The molecular formula is C18H22ClNS. The van der Waals surface area contributed by atoms with Crippen LogP contribution in [-0.2, 0) is 6.42 Å². The Labute approximate surface area is 136 Å².